The maximum Gasteiger partial charge on any atom is 0.257 e. The van der Waals surface area contributed by atoms with Gasteiger partial charge in [-0.1, -0.05) is 6.92 Å². The fraction of sp³-hybridized carbons (Fsp3) is 0.600. The lowest BCUT2D eigenvalue weighted by Crippen LogP contribution is -2.34. The first-order valence-electron chi connectivity index (χ1n) is 7.09. The van der Waals surface area contributed by atoms with Gasteiger partial charge in [0.25, 0.3) is 5.91 Å². The monoisotopic (exact) mass is 261 g/mol. The minimum absolute atomic E-state index is 0.102. The van der Waals surface area contributed by atoms with Crippen LogP contribution in [0.2, 0.25) is 0 Å². The summed E-state index contributed by atoms with van der Waals surface area (Å²) in [6, 6.07) is 1.93. The summed E-state index contributed by atoms with van der Waals surface area (Å²) in [7, 11) is 1.84. The Labute approximate surface area is 115 Å². The van der Waals surface area contributed by atoms with Gasteiger partial charge >= 0.3 is 0 Å². The number of anilines is 1. The van der Waals surface area contributed by atoms with Crippen LogP contribution in [0.25, 0.3) is 0 Å². The van der Waals surface area contributed by atoms with Gasteiger partial charge in [-0.25, -0.2) is 0 Å². The number of carbonyl (C=O) groups is 1. The predicted octanol–water partition coefficient (Wildman–Crippen LogP) is 2.69. The Kier molecular flexibility index (Phi) is 4.40. The van der Waals surface area contributed by atoms with E-state index in [1.54, 1.807) is 6.20 Å². The van der Waals surface area contributed by atoms with Crippen LogP contribution in [-0.2, 0) is 0 Å². The number of nitrogens with one attached hydrogen (secondary N) is 1. The smallest absolute Gasteiger partial charge is 0.257 e. The zero-order chi connectivity index (χ0) is 13.8. The van der Waals surface area contributed by atoms with Crippen LogP contribution in [0.4, 0.5) is 5.69 Å². The molecule has 1 aromatic rings. The van der Waals surface area contributed by atoms with Gasteiger partial charge in [-0.05, 0) is 38.2 Å². The summed E-state index contributed by atoms with van der Waals surface area (Å²) in [5, 5.41) is 3.10. The number of carbonyl (C=O) groups excluding carboxylic acids is 1. The van der Waals surface area contributed by atoms with E-state index in [2.05, 4.69) is 17.2 Å². The summed E-state index contributed by atoms with van der Waals surface area (Å²) in [4.78, 5) is 18.9. The van der Waals surface area contributed by atoms with Gasteiger partial charge in [0.15, 0.2) is 0 Å². The molecule has 2 rings (SSSR count). The van der Waals surface area contributed by atoms with Gasteiger partial charge in [0, 0.05) is 32.0 Å². The van der Waals surface area contributed by atoms with E-state index in [4.69, 9.17) is 0 Å². The Hall–Kier alpha value is -1.58. The molecule has 1 amide bonds. The third-order valence-corrected chi connectivity index (χ3v) is 3.50. The van der Waals surface area contributed by atoms with Crippen LogP contribution in [0, 0.1) is 12.8 Å². The van der Waals surface area contributed by atoms with Crippen molar-refractivity contribution in [2.45, 2.75) is 33.1 Å². The fourth-order valence-electron chi connectivity index (χ4n) is 2.27. The molecule has 19 heavy (non-hydrogen) atoms. The Balaban J connectivity index is 2.19. The van der Waals surface area contributed by atoms with Crippen LogP contribution < -0.4 is 5.32 Å². The zero-order valence-electron chi connectivity index (χ0n) is 12.1. The highest BCUT2D eigenvalue weighted by Crippen LogP contribution is 2.30. The van der Waals surface area contributed by atoms with Crippen LogP contribution in [-0.4, -0.2) is 35.9 Å². The molecule has 1 aromatic heterocycles. The molecule has 0 spiro atoms. The van der Waals surface area contributed by atoms with E-state index >= 15 is 0 Å². The van der Waals surface area contributed by atoms with Crippen LogP contribution in [0.3, 0.4) is 0 Å². The van der Waals surface area contributed by atoms with E-state index in [1.165, 1.54) is 12.8 Å². The van der Waals surface area contributed by atoms with Gasteiger partial charge in [-0.15, -0.1) is 0 Å². The number of hydrogen-bond acceptors (Lipinski definition) is 3. The first-order valence-corrected chi connectivity index (χ1v) is 7.09. The highest BCUT2D eigenvalue weighted by Gasteiger charge is 2.27. The van der Waals surface area contributed by atoms with Crippen molar-refractivity contribution in [2.24, 2.45) is 5.92 Å². The predicted molar refractivity (Wildman–Crippen MR) is 77.4 cm³/mol. The van der Waals surface area contributed by atoms with Crippen LogP contribution in [0.5, 0.6) is 0 Å². The van der Waals surface area contributed by atoms with Crippen molar-refractivity contribution in [3.05, 3.63) is 23.5 Å². The maximum atomic E-state index is 12.6. The Morgan fingerprint density at radius 3 is 2.84 bits per heavy atom. The van der Waals surface area contributed by atoms with Crippen LogP contribution in [0.1, 0.15) is 42.2 Å². The van der Waals surface area contributed by atoms with E-state index in [9.17, 15) is 4.79 Å². The molecule has 0 atom stereocenters. The molecule has 104 valence electrons. The van der Waals surface area contributed by atoms with Gasteiger partial charge in [-0.2, -0.15) is 0 Å². The number of hydrogen-bond donors (Lipinski definition) is 1. The third-order valence-electron chi connectivity index (χ3n) is 3.50. The molecule has 1 saturated carbocycles. The first-order chi connectivity index (χ1) is 9.15. The molecule has 0 aliphatic heterocycles. The average Bonchev–Trinajstić information content (AvgIpc) is 3.21. The number of aryl methyl sites for hydroxylation is 1. The van der Waals surface area contributed by atoms with Crippen LogP contribution >= 0.6 is 0 Å². The maximum absolute atomic E-state index is 12.6. The van der Waals surface area contributed by atoms with Crippen molar-refractivity contribution in [1.82, 2.24) is 9.88 Å². The number of aromatic nitrogens is 1. The molecule has 0 aromatic carbocycles. The van der Waals surface area contributed by atoms with Crippen molar-refractivity contribution >= 4 is 11.6 Å². The van der Waals surface area contributed by atoms with Gasteiger partial charge in [0.2, 0.25) is 0 Å². The van der Waals surface area contributed by atoms with Crippen molar-refractivity contribution in [2.75, 3.05) is 25.5 Å². The SMILES string of the molecule is CCCN(CC1CC1)C(=O)c1cnc(C)cc1NC. The fourth-order valence-corrected chi connectivity index (χ4v) is 2.27. The molecule has 4 heteroatoms. The topological polar surface area (TPSA) is 45.2 Å². The summed E-state index contributed by atoms with van der Waals surface area (Å²) in [5.41, 5.74) is 2.47. The first kappa shape index (κ1) is 13.8. The summed E-state index contributed by atoms with van der Waals surface area (Å²) in [6.07, 6.45) is 5.21. The molecule has 0 saturated heterocycles. The summed E-state index contributed by atoms with van der Waals surface area (Å²) >= 11 is 0. The standard InChI is InChI=1S/C15H23N3O/c1-4-7-18(10-12-5-6-12)15(19)13-9-17-11(2)8-14(13)16-3/h8-9,12H,4-7,10H2,1-3H3,(H,16,17). The Morgan fingerprint density at radius 2 is 2.26 bits per heavy atom. The minimum atomic E-state index is 0.102. The zero-order valence-corrected chi connectivity index (χ0v) is 12.1. The Morgan fingerprint density at radius 1 is 1.53 bits per heavy atom. The molecule has 0 bridgehead atoms. The molecule has 1 aliphatic carbocycles. The van der Waals surface area contributed by atoms with E-state index in [1.807, 2.05) is 24.9 Å². The number of pyridine rings is 1. The largest absolute Gasteiger partial charge is 0.387 e. The lowest BCUT2D eigenvalue weighted by Gasteiger charge is -2.23. The molecule has 1 fully saturated rings. The van der Waals surface area contributed by atoms with E-state index < -0.39 is 0 Å². The third kappa shape index (κ3) is 3.46. The van der Waals surface area contributed by atoms with Gasteiger partial charge < -0.3 is 10.2 Å². The highest BCUT2D eigenvalue weighted by atomic mass is 16.2. The van der Waals surface area contributed by atoms with Crippen molar-refractivity contribution in [1.29, 1.82) is 0 Å². The van der Waals surface area contributed by atoms with Crippen molar-refractivity contribution in [3.8, 4) is 0 Å². The molecule has 1 heterocycles. The van der Waals surface area contributed by atoms with Crippen LogP contribution in [0.15, 0.2) is 12.3 Å². The van der Waals surface area contributed by atoms with E-state index in [0.717, 1.165) is 30.9 Å². The lowest BCUT2D eigenvalue weighted by molar-refractivity contribution is 0.0748. The van der Waals surface area contributed by atoms with Crippen molar-refractivity contribution < 1.29 is 4.79 Å². The average molecular weight is 261 g/mol. The molecule has 0 radical (unpaired) electrons. The van der Waals surface area contributed by atoms with Gasteiger partial charge in [0.1, 0.15) is 0 Å². The second kappa shape index (κ2) is 6.04. The molecular formula is C15H23N3O. The number of nitrogens with zero attached hydrogens (tertiary/aromatic N) is 2. The lowest BCUT2D eigenvalue weighted by atomic mass is 10.1. The van der Waals surface area contributed by atoms with E-state index in [-0.39, 0.29) is 5.91 Å². The van der Waals surface area contributed by atoms with E-state index in [0.29, 0.717) is 11.5 Å². The van der Waals surface area contributed by atoms with Gasteiger partial charge in [0.05, 0.1) is 11.3 Å². The van der Waals surface area contributed by atoms with Gasteiger partial charge in [-0.3, -0.25) is 9.78 Å². The second-order valence-electron chi connectivity index (χ2n) is 5.32. The normalized spacial score (nSPS) is 14.3. The summed E-state index contributed by atoms with van der Waals surface area (Å²) in [5.74, 6) is 0.817. The molecule has 1 aliphatic rings. The quantitative estimate of drug-likeness (QED) is 0.856. The second-order valence-corrected chi connectivity index (χ2v) is 5.32. The number of amides is 1. The molecule has 0 unspecified atom stereocenters. The number of rotatable bonds is 6. The highest BCUT2D eigenvalue weighted by molar-refractivity contribution is 5.99. The molecular weight excluding hydrogens is 238 g/mol. The molecule has 1 N–H and O–H groups in total. The van der Waals surface area contributed by atoms with Crippen molar-refractivity contribution in [3.63, 3.8) is 0 Å². The summed E-state index contributed by atoms with van der Waals surface area (Å²) in [6.45, 7) is 5.76. The molecule has 4 nitrogen and oxygen atoms in total. The summed E-state index contributed by atoms with van der Waals surface area (Å²) < 4.78 is 0. The Bertz CT molecular complexity index is 455. The minimum Gasteiger partial charge on any atom is -0.387 e.